The molecular formula is C7H12O6. The molecule has 0 spiro atoms. The van der Waals surface area contributed by atoms with Gasteiger partial charge in [-0.05, 0) is 0 Å². The van der Waals surface area contributed by atoms with E-state index >= 15 is 0 Å². The van der Waals surface area contributed by atoms with Gasteiger partial charge in [-0.25, -0.2) is 4.79 Å². The molecule has 4 atom stereocenters. The van der Waals surface area contributed by atoms with Crippen LogP contribution in [0.25, 0.3) is 0 Å². The predicted octanol–water partition coefficient (Wildman–Crippen LogP) is -2.36. The number of cyclic esters (lactones) is 1. The van der Waals surface area contributed by atoms with Crippen molar-refractivity contribution in [2.45, 2.75) is 24.4 Å². The van der Waals surface area contributed by atoms with Crippen molar-refractivity contribution in [3.05, 3.63) is 0 Å². The molecule has 1 heterocycles. The highest BCUT2D eigenvalue weighted by Gasteiger charge is 2.44. The Morgan fingerprint density at radius 1 is 1.54 bits per heavy atom. The molecule has 0 bridgehead atoms. The second kappa shape index (κ2) is 4.01. The Morgan fingerprint density at radius 3 is 2.62 bits per heavy atom. The number of rotatable bonds is 2. The molecule has 1 aliphatic rings. The summed E-state index contributed by atoms with van der Waals surface area (Å²) in [6, 6.07) is 0. The Hall–Kier alpha value is -0.690. The largest absolute Gasteiger partial charge is 0.455 e. The van der Waals surface area contributed by atoms with Gasteiger partial charge in [0.1, 0.15) is 12.2 Å². The van der Waals surface area contributed by atoms with Gasteiger partial charge in [0.05, 0.1) is 6.61 Å². The molecule has 0 radical (unpaired) electrons. The molecule has 0 unspecified atom stereocenters. The summed E-state index contributed by atoms with van der Waals surface area (Å²) in [4.78, 5) is 10.8. The van der Waals surface area contributed by atoms with Crippen molar-refractivity contribution in [3.63, 3.8) is 0 Å². The van der Waals surface area contributed by atoms with Gasteiger partial charge in [-0.3, -0.25) is 0 Å². The quantitative estimate of drug-likeness (QED) is 0.423. The zero-order valence-corrected chi connectivity index (χ0v) is 7.08. The van der Waals surface area contributed by atoms with Gasteiger partial charge in [-0.2, -0.15) is 0 Å². The molecule has 3 N–H and O–H groups in total. The van der Waals surface area contributed by atoms with E-state index in [1.54, 1.807) is 0 Å². The van der Waals surface area contributed by atoms with Gasteiger partial charge in [0.15, 0.2) is 12.2 Å². The highest BCUT2D eigenvalue weighted by molar-refractivity contribution is 5.76. The average Bonchev–Trinajstić information content (AvgIpc) is 2.13. The Bertz CT molecular complexity index is 191. The molecule has 1 fully saturated rings. The highest BCUT2D eigenvalue weighted by atomic mass is 16.6. The first-order valence-corrected chi connectivity index (χ1v) is 3.82. The van der Waals surface area contributed by atoms with Crippen LogP contribution in [0.15, 0.2) is 0 Å². The monoisotopic (exact) mass is 192 g/mol. The third-order valence-corrected chi connectivity index (χ3v) is 1.99. The number of aliphatic hydroxyl groups is 3. The molecule has 13 heavy (non-hydrogen) atoms. The SMILES string of the molecule is CO[C@H]1[C@@H](O)[C@@H](O)C(=O)O[C@H]1CO. The average molecular weight is 192 g/mol. The van der Waals surface area contributed by atoms with E-state index in [4.69, 9.17) is 14.9 Å². The zero-order chi connectivity index (χ0) is 10.0. The van der Waals surface area contributed by atoms with Crippen molar-refractivity contribution in [3.8, 4) is 0 Å². The van der Waals surface area contributed by atoms with E-state index in [1.807, 2.05) is 0 Å². The van der Waals surface area contributed by atoms with E-state index in [-0.39, 0.29) is 0 Å². The van der Waals surface area contributed by atoms with Crippen LogP contribution in [0.3, 0.4) is 0 Å². The number of carbonyl (C=O) groups is 1. The fraction of sp³-hybridized carbons (Fsp3) is 0.857. The minimum Gasteiger partial charge on any atom is -0.455 e. The summed E-state index contributed by atoms with van der Waals surface area (Å²) < 4.78 is 9.38. The van der Waals surface area contributed by atoms with Crippen LogP contribution in [0, 0.1) is 0 Å². The Labute approximate surface area is 74.7 Å². The molecule has 0 aliphatic carbocycles. The minimum absolute atomic E-state index is 0.450. The van der Waals surface area contributed by atoms with Crippen LogP contribution in [-0.4, -0.2) is 59.4 Å². The summed E-state index contributed by atoms with van der Waals surface area (Å²) in [7, 11) is 1.29. The normalized spacial score (nSPS) is 40.2. The summed E-state index contributed by atoms with van der Waals surface area (Å²) in [6.45, 7) is -0.450. The van der Waals surface area contributed by atoms with Gasteiger partial charge in [-0.1, -0.05) is 0 Å². The summed E-state index contributed by atoms with van der Waals surface area (Å²) in [5.74, 6) is -0.945. The molecule has 0 aromatic rings. The Balaban J connectivity index is 2.74. The van der Waals surface area contributed by atoms with E-state index in [0.29, 0.717) is 0 Å². The van der Waals surface area contributed by atoms with Gasteiger partial charge in [0.2, 0.25) is 0 Å². The fourth-order valence-corrected chi connectivity index (χ4v) is 1.26. The minimum atomic E-state index is -1.60. The second-order valence-corrected chi connectivity index (χ2v) is 2.79. The lowest BCUT2D eigenvalue weighted by atomic mass is 10.00. The van der Waals surface area contributed by atoms with Crippen molar-refractivity contribution in [2.75, 3.05) is 13.7 Å². The molecule has 1 rings (SSSR count). The molecule has 6 nitrogen and oxygen atoms in total. The lowest BCUT2D eigenvalue weighted by molar-refractivity contribution is -0.211. The van der Waals surface area contributed by atoms with Crippen LogP contribution in [-0.2, 0) is 14.3 Å². The third kappa shape index (κ3) is 1.80. The number of aliphatic hydroxyl groups excluding tert-OH is 3. The van der Waals surface area contributed by atoms with Crippen LogP contribution in [0.2, 0.25) is 0 Å². The Kier molecular flexibility index (Phi) is 3.21. The van der Waals surface area contributed by atoms with E-state index in [0.717, 1.165) is 0 Å². The zero-order valence-electron chi connectivity index (χ0n) is 7.08. The standard InChI is InChI=1S/C7H12O6/c1-12-6-3(2-8)13-7(11)5(10)4(6)9/h3-6,8-10H,2H2,1H3/t3-,4-,5+,6+/m0/s1. The summed E-state index contributed by atoms with van der Waals surface area (Å²) in [6.07, 6.45) is -4.77. The first-order chi connectivity index (χ1) is 6.11. The first-order valence-electron chi connectivity index (χ1n) is 3.82. The van der Waals surface area contributed by atoms with Crippen molar-refractivity contribution >= 4 is 5.97 Å². The molecule has 0 aromatic carbocycles. The number of esters is 1. The molecule has 6 heteroatoms. The van der Waals surface area contributed by atoms with Crippen LogP contribution < -0.4 is 0 Å². The first kappa shape index (κ1) is 10.4. The number of carbonyl (C=O) groups excluding carboxylic acids is 1. The molecule has 76 valence electrons. The van der Waals surface area contributed by atoms with E-state index in [9.17, 15) is 9.90 Å². The van der Waals surface area contributed by atoms with Crippen molar-refractivity contribution in [2.24, 2.45) is 0 Å². The number of methoxy groups -OCH3 is 1. The number of hydrogen-bond donors (Lipinski definition) is 3. The summed E-state index contributed by atoms with van der Waals surface area (Å²) in [5, 5.41) is 27.2. The molecule has 0 aromatic heterocycles. The highest BCUT2D eigenvalue weighted by Crippen LogP contribution is 2.18. The van der Waals surface area contributed by atoms with E-state index in [2.05, 4.69) is 4.74 Å². The maximum atomic E-state index is 10.8. The maximum Gasteiger partial charge on any atom is 0.338 e. The number of hydrogen-bond acceptors (Lipinski definition) is 6. The van der Waals surface area contributed by atoms with Crippen molar-refractivity contribution in [1.82, 2.24) is 0 Å². The Morgan fingerprint density at radius 2 is 2.15 bits per heavy atom. The van der Waals surface area contributed by atoms with Crippen LogP contribution in [0.5, 0.6) is 0 Å². The molecule has 0 amide bonds. The summed E-state index contributed by atoms with van der Waals surface area (Å²) >= 11 is 0. The van der Waals surface area contributed by atoms with Crippen molar-refractivity contribution < 1.29 is 29.6 Å². The van der Waals surface area contributed by atoms with Crippen LogP contribution in [0.4, 0.5) is 0 Å². The fourth-order valence-electron chi connectivity index (χ4n) is 1.26. The van der Waals surface area contributed by atoms with Gasteiger partial charge in [0, 0.05) is 7.11 Å². The molecule has 1 saturated heterocycles. The lowest BCUT2D eigenvalue weighted by Crippen LogP contribution is -2.57. The van der Waals surface area contributed by atoms with E-state index < -0.39 is 37.0 Å². The summed E-state index contributed by atoms with van der Waals surface area (Å²) in [5.41, 5.74) is 0. The van der Waals surface area contributed by atoms with E-state index in [1.165, 1.54) is 7.11 Å². The van der Waals surface area contributed by atoms with Gasteiger partial charge in [0.25, 0.3) is 0 Å². The van der Waals surface area contributed by atoms with Gasteiger partial charge < -0.3 is 24.8 Å². The molecule has 0 saturated carbocycles. The molecule has 1 aliphatic heterocycles. The second-order valence-electron chi connectivity index (χ2n) is 2.79. The smallest absolute Gasteiger partial charge is 0.338 e. The van der Waals surface area contributed by atoms with Crippen LogP contribution >= 0.6 is 0 Å². The maximum absolute atomic E-state index is 10.8. The lowest BCUT2D eigenvalue weighted by Gasteiger charge is -2.35. The van der Waals surface area contributed by atoms with Crippen LogP contribution in [0.1, 0.15) is 0 Å². The molecular weight excluding hydrogens is 180 g/mol. The topological polar surface area (TPSA) is 96.2 Å². The van der Waals surface area contributed by atoms with Gasteiger partial charge >= 0.3 is 5.97 Å². The third-order valence-electron chi connectivity index (χ3n) is 1.99. The van der Waals surface area contributed by atoms with Crippen molar-refractivity contribution in [1.29, 1.82) is 0 Å². The number of ether oxygens (including phenoxy) is 2. The van der Waals surface area contributed by atoms with Gasteiger partial charge in [-0.15, -0.1) is 0 Å². The predicted molar refractivity (Wildman–Crippen MR) is 39.8 cm³/mol.